The van der Waals surface area contributed by atoms with Crippen LogP contribution in [0.5, 0.6) is 0 Å². The highest BCUT2D eigenvalue weighted by Gasteiger charge is 2.57. The van der Waals surface area contributed by atoms with Crippen molar-refractivity contribution in [3.63, 3.8) is 0 Å². The van der Waals surface area contributed by atoms with E-state index >= 15 is 0 Å². The summed E-state index contributed by atoms with van der Waals surface area (Å²) in [6, 6.07) is 9.77. The molecule has 1 aliphatic rings. The summed E-state index contributed by atoms with van der Waals surface area (Å²) in [5, 5.41) is 12.0. The van der Waals surface area contributed by atoms with E-state index in [4.69, 9.17) is 9.05 Å². The molecule has 1 aliphatic heterocycles. The van der Waals surface area contributed by atoms with Crippen molar-refractivity contribution in [3.05, 3.63) is 47.7 Å². The SMILES string of the molecule is CCOP(=O)(OCC)C1(C(/C=C(/C)[O-])c2ccccc2)SCCCS1. The average molecular weight is 402 g/mol. The lowest BCUT2D eigenvalue weighted by atomic mass is 10.00. The van der Waals surface area contributed by atoms with Gasteiger partial charge in [-0.15, -0.1) is 29.3 Å². The average Bonchev–Trinajstić information content (AvgIpc) is 2.61. The van der Waals surface area contributed by atoms with Gasteiger partial charge in [-0.3, -0.25) is 4.57 Å². The summed E-state index contributed by atoms with van der Waals surface area (Å²) in [4.78, 5) is 0. The molecule has 0 aliphatic carbocycles. The number of hydrogen-bond donors (Lipinski definition) is 0. The predicted molar refractivity (Wildman–Crippen MR) is 106 cm³/mol. The Hall–Kier alpha value is -0.390. The van der Waals surface area contributed by atoms with Crippen molar-refractivity contribution in [2.45, 2.75) is 36.9 Å². The van der Waals surface area contributed by atoms with Crippen molar-refractivity contribution in [2.75, 3.05) is 24.7 Å². The zero-order valence-electron chi connectivity index (χ0n) is 15.0. The van der Waals surface area contributed by atoms with E-state index < -0.39 is 11.4 Å². The third-order valence-corrected chi connectivity index (χ3v) is 11.2. The number of allylic oxidation sites excluding steroid dienone is 2. The Bertz CT molecular complexity index is 601. The van der Waals surface area contributed by atoms with Gasteiger partial charge < -0.3 is 14.2 Å². The Kier molecular flexibility index (Phi) is 7.96. The summed E-state index contributed by atoms with van der Waals surface area (Å²) >= 11 is 3.22. The van der Waals surface area contributed by atoms with Gasteiger partial charge in [-0.2, -0.15) is 0 Å². The molecule has 1 atom stereocenters. The highest BCUT2D eigenvalue weighted by atomic mass is 32.2. The highest BCUT2D eigenvalue weighted by Crippen LogP contribution is 2.75. The first-order chi connectivity index (χ1) is 12.0. The van der Waals surface area contributed by atoms with Gasteiger partial charge in [0.2, 0.25) is 0 Å². The minimum Gasteiger partial charge on any atom is -0.876 e. The van der Waals surface area contributed by atoms with Gasteiger partial charge in [0.1, 0.15) is 0 Å². The molecule has 7 heteroatoms. The minimum absolute atomic E-state index is 0.0421. The second-order valence-electron chi connectivity index (χ2n) is 5.68. The Morgan fingerprint density at radius 1 is 1.24 bits per heavy atom. The smallest absolute Gasteiger partial charge is 0.357 e. The zero-order chi connectivity index (χ0) is 18.3. The molecule has 1 unspecified atom stereocenters. The molecular formula is C18H26O4PS2-. The summed E-state index contributed by atoms with van der Waals surface area (Å²) in [6.07, 6.45) is 2.71. The largest absolute Gasteiger partial charge is 0.876 e. The van der Waals surface area contributed by atoms with Gasteiger partial charge in [0.15, 0.2) is 3.82 Å². The van der Waals surface area contributed by atoms with E-state index in [9.17, 15) is 9.67 Å². The summed E-state index contributed by atoms with van der Waals surface area (Å²) in [5.74, 6) is 1.35. The summed E-state index contributed by atoms with van der Waals surface area (Å²) in [7, 11) is -3.46. The normalized spacial score (nSPS) is 19.6. The molecule has 0 bridgehead atoms. The molecule has 2 rings (SSSR count). The molecule has 0 radical (unpaired) electrons. The number of hydrogen-bond acceptors (Lipinski definition) is 6. The standard InChI is InChI=1S/C18H27O4PS2/c1-4-21-23(20,22-5-2)18(24-12-9-13-25-18)17(14-15(3)19)16-10-7-6-8-11-16/h6-8,10-11,14,17,19H,4-5,9,12-13H2,1-3H3/p-1/b15-14-. The quantitative estimate of drug-likeness (QED) is 0.460. The fraction of sp³-hybridized carbons (Fsp3) is 0.556. The third-order valence-electron chi connectivity index (χ3n) is 3.84. The lowest BCUT2D eigenvalue weighted by Gasteiger charge is -2.45. The molecule has 25 heavy (non-hydrogen) atoms. The first-order valence-corrected chi connectivity index (χ1v) is 12.1. The van der Waals surface area contributed by atoms with Gasteiger partial charge in [-0.25, -0.2) is 0 Å². The minimum atomic E-state index is -3.46. The Labute approximate surface area is 159 Å². The fourth-order valence-corrected chi connectivity index (χ4v) is 9.98. The predicted octanol–water partition coefficient (Wildman–Crippen LogP) is 4.82. The van der Waals surface area contributed by atoms with Crippen molar-refractivity contribution >= 4 is 31.1 Å². The van der Waals surface area contributed by atoms with E-state index in [1.807, 2.05) is 44.2 Å². The number of thioether (sulfide) groups is 2. The molecule has 1 heterocycles. The van der Waals surface area contributed by atoms with Crippen molar-refractivity contribution in [1.29, 1.82) is 0 Å². The van der Waals surface area contributed by atoms with Gasteiger partial charge in [0.25, 0.3) is 0 Å². The topological polar surface area (TPSA) is 58.6 Å². The maximum atomic E-state index is 13.9. The van der Waals surface area contributed by atoms with Crippen molar-refractivity contribution in [1.82, 2.24) is 0 Å². The fourth-order valence-electron chi connectivity index (χ4n) is 2.91. The van der Waals surface area contributed by atoms with Crippen molar-refractivity contribution in [3.8, 4) is 0 Å². The van der Waals surface area contributed by atoms with Crippen LogP contribution in [0.1, 0.15) is 38.7 Å². The molecule has 1 fully saturated rings. The maximum Gasteiger partial charge on any atom is 0.357 e. The molecule has 1 aromatic carbocycles. The summed E-state index contributed by atoms with van der Waals surface area (Å²) < 4.78 is 24.5. The molecule has 0 spiro atoms. The Morgan fingerprint density at radius 2 is 1.80 bits per heavy atom. The Balaban J connectivity index is 2.62. The summed E-state index contributed by atoms with van der Waals surface area (Å²) in [6.45, 7) is 5.80. The molecule has 1 saturated heterocycles. The molecule has 0 aromatic heterocycles. The lowest BCUT2D eigenvalue weighted by molar-refractivity contribution is -0.302. The molecule has 1 aromatic rings. The maximum absolute atomic E-state index is 13.9. The third kappa shape index (κ3) is 4.67. The molecular weight excluding hydrogens is 375 g/mol. The first-order valence-electron chi connectivity index (χ1n) is 8.56. The molecule has 0 amide bonds. The monoisotopic (exact) mass is 401 g/mol. The van der Waals surface area contributed by atoms with Gasteiger partial charge >= 0.3 is 7.60 Å². The van der Waals surface area contributed by atoms with Gasteiger partial charge in [0.05, 0.1) is 13.2 Å². The highest BCUT2D eigenvalue weighted by molar-refractivity contribution is 8.25. The van der Waals surface area contributed by atoms with Gasteiger partial charge in [-0.05, 0) is 37.3 Å². The second kappa shape index (κ2) is 9.52. The van der Waals surface area contributed by atoms with E-state index in [1.165, 1.54) is 6.92 Å². The van der Waals surface area contributed by atoms with Gasteiger partial charge in [-0.1, -0.05) is 43.3 Å². The van der Waals surface area contributed by atoms with Gasteiger partial charge in [0, 0.05) is 5.92 Å². The number of rotatable bonds is 8. The van der Waals surface area contributed by atoms with Crippen LogP contribution in [0, 0.1) is 0 Å². The first kappa shape index (κ1) is 20.9. The molecule has 4 nitrogen and oxygen atoms in total. The van der Waals surface area contributed by atoms with Crippen LogP contribution in [-0.2, 0) is 13.6 Å². The van der Waals surface area contributed by atoms with Crippen LogP contribution in [0.3, 0.4) is 0 Å². The van der Waals surface area contributed by atoms with Crippen LogP contribution in [0.25, 0.3) is 0 Å². The van der Waals surface area contributed by atoms with E-state index in [1.54, 1.807) is 29.6 Å². The lowest BCUT2D eigenvalue weighted by Crippen LogP contribution is -2.34. The van der Waals surface area contributed by atoms with E-state index in [-0.39, 0.29) is 11.7 Å². The van der Waals surface area contributed by atoms with Crippen LogP contribution in [0.4, 0.5) is 0 Å². The zero-order valence-corrected chi connectivity index (χ0v) is 17.5. The van der Waals surface area contributed by atoms with Crippen LogP contribution in [0.2, 0.25) is 0 Å². The van der Waals surface area contributed by atoms with Crippen LogP contribution in [-0.4, -0.2) is 28.5 Å². The van der Waals surface area contributed by atoms with E-state index in [0.717, 1.165) is 23.5 Å². The summed E-state index contributed by atoms with van der Waals surface area (Å²) in [5.41, 5.74) is 0.958. The van der Waals surface area contributed by atoms with E-state index in [0.29, 0.717) is 13.2 Å². The van der Waals surface area contributed by atoms with Crippen LogP contribution >= 0.6 is 31.1 Å². The van der Waals surface area contributed by atoms with Crippen molar-refractivity contribution in [2.24, 2.45) is 0 Å². The van der Waals surface area contributed by atoms with E-state index in [2.05, 4.69) is 0 Å². The molecule has 0 saturated carbocycles. The van der Waals surface area contributed by atoms with Crippen molar-refractivity contribution < 1.29 is 18.7 Å². The molecule has 140 valence electrons. The van der Waals surface area contributed by atoms with Crippen LogP contribution in [0.15, 0.2) is 42.2 Å². The second-order valence-corrected chi connectivity index (χ2v) is 11.4. The molecule has 0 N–H and O–H groups in total. The Morgan fingerprint density at radius 3 is 2.28 bits per heavy atom. The number of benzene rings is 1. The van der Waals surface area contributed by atoms with Crippen LogP contribution < -0.4 is 5.11 Å².